The average Bonchev–Trinajstić information content (AvgIpc) is 3.01. The predicted octanol–water partition coefficient (Wildman–Crippen LogP) is 3.19. The summed E-state index contributed by atoms with van der Waals surface area (Å²) >= 11 is 2.66. The van der Waals surface area contributed by atoms with E-state index in [1.165, 1.54) is 23.1 Å². The van der Waals surface area contributed by atoms with Gasteiger partial charge in [-0.2, -0.15) is 0 Å². The average molecular weight is 365 g/mol. The number of anilines is 2. The Balaban J connectivity index is 1.81. The minimum Gasteiger partial charge on any atom is -0.360 e. The molecule has 3 N–H and O–H groups in total. The number of hydrogen-bond donors (Lipinski definition) is 3. The second kappa shape index (κ2) is 9.24. The van der Waals surface area contributed by atoms with Gasteiger partial charge in [-0.1, -0.05) is 48.2 Å². The molecule has 0 radical (unpaired) electrons. The Kier molecular flexibility index (Phi) is 7.01. The largest absolute Gasteiger partial charge is 0.360 e. The SMILES string of the molecule is CCCNc1nnc(S[C@H](C)C(=O)NC(=O)Nc2ccccc2)s1. The first kappa shape index (κ1) is 18.2. The summed E-state index contributed by atoms with van der Waals surface area (Å²) in [6, 6.07) is 8.38. The van der Waals surface area contributed by atoms with Gasteiger partial charge in [-0.05, 0) is 25.5 Å². The lowest BCUT2D eigenvalue weighted by atomic mass is 10.3. The van der Waals surface area contributed by atoms with Gasteiger partial charge in [0.2, 0.25) is 11.0 Å². The van der Waals surface area contributed by atoms with Crippen molar-refractivity contribution in [2.75, 3.05) is 17.2 Å². The summed E-state index contributed by atoms with van der Waals surface area (Å²) in [6.45, 7) is 4.61. The van der Waals surface area contributed by atoms with Crippen LogP contribution in [0, 0.1) is 0 Å². The number of carbonyl (C=O) groups excluding carboxylic acids is 2. The van der Waals surface area contributed by atoms with Crippen LogP contribution in [0.2, 0.25) is 0 Å². The van der Waals surface area contributed by atoms with Crippen molar-refractivity contribution in [3.8, 4) is 0 Å². The number of hydrogen-bond acceptors (Lipinski definition) is 7. The van der Waals surface area contributed by atoms with Gasteiger partial charge in [-0.25, -0.2) is 4.79 Å². The maximum absolute atomic E-state index is 12.1. The van der Waals surface area contributed by atoms with Crippen LogP contribution in [0.25, 0.3) is 0 Å². The Bertz CT molecular complexity index is 678. The molecule has 0 aliphatic carbocycles. The van der Waals surface area contributed by atoms with Crippen LogP contribution >= 0.6 is 23.1 Å². The van der Waals surface area contributed by atoms with Gasteiger partial charge in [-0.15, -0.1) is 10.2 Å². The van der Waals surface area contributed by atoms with E-state index < -0.39 is 11.3 Å². The molecule has 1 atom stereocenters. The molecule has 0 saturated heterocycles. The van der Waals surface area contributed by atoms with E-state index >= 15 is 0 Å². The molecule has 128 valence electrons. The normalized spacial score (nSPS) is 11.6. The molecule has 1 aromatic carbocycles. The number of carbonyl (C=O) groups is 2. The molecular formula is C15H19N5O2S2. The summed E-state index contributed by atoms with van der Waals surface area (Å²) in [4.78, 5) is 23.9. The second-order valence-electron chi connectivity index (χ2n) is 4.87. The standard InChI is InChI=1S/C15H19N5O2S2/c1-3-9-16-14-19-20-15(24-14)23-10(2)12(21)18-13(22)17-11-7-5-4-6-8-11/h4-8,10H,3,9H2,1-2H3,(H,16,19)(H2,17,18,21,22)/t10-/m1/s1. The first-order valence-electron chi connectivity index (χ1n) is 7.49. The van der Waals surface area contributed by atoms with Gasteiger partial charge in [0.05, 0.1) is 5.25 Å². The fourth-order valence-corrected chi connectivity index (χ4v) is 3.58. The minimum absolute atomic E-state index is 0.383. The van der Waals surface area contributed by atoms with E-state index in [0.717, 1.165) is 18.1 Å². The molecule has 0 aliphatic heterocycles. The Morgan fingerprint density at radius 2 is 2.00 bits per heavy atom. The van der Waals surface area contributed by atoms with Crippen molar-refractivity contribution in [1.29, 1.82) is 0 Å². The maximum atomic E-state index is 12.1. The van der Waals surface area contributed by atoms with Crippen LogP contribution in [0.3, 0.4) is 0 Å². The minimum atomic E-state index is -0.554. The third-order valence-corrected chi connectivity index (χ3v) is 4.91. The quantitative estimate of drug-likeness (QED) is 0.652. The topological polar surface area (TPSA) is 96.0 Å². The zero-order valence-corrected chi connectivity index (χ0v) is 15.0. The second-order valence-corrected chi connectivity index (χ2v) is 7.43. The molecule has 7 nitrogen and oxygen atoms in total. The highest BCUT2D eigenvalue weighted by Gasteiger charge is 2.19. The smallest absolute Gasteiger partial charge is 0.325 e. The number of nitrogens with zero attached hydrogens (tertiary/aromatic N) is 2. The molecule has 0 saturated carbocycles. The number of thioether (sulfide) groups is 1. The fourth-order valence-electron chi connectivity index (χ4n) is 1.66. The number of imide groups is 1. The van der Waals surface area contributed by atoms with Crippen molar-refractivity contribution in [2.24, 2.45) is 0 Å². The number of amides is 3. The number of para-hydroxylation sites is 1. The van der Waals surface area contributed by atoms with Crippen molar-refractivity contribution < 1.29 is 9.59 Å². The van der Waals surface area contributed by atoms with Crippen molar-refractivity contribution in [2.45, 2.75) is 29.9 Å². The summed E-state index contributed by atoms with van der Waals surface area (Å²) in [6.07, 6.45) is 0.997. The van der Waals surface area contributed by atoms with Crippen molar-refractivity contribution in [3.05, 3.63) is 30.3 Å². The highest BCUT2D eigenvalue weighted by atomic mass is 32.2. The number of benzene rings is 1. The number of aromatic nitrogens is 2. The van der Waals surface area contributed by atoms with E-state index in [1.807, 2.05) is 6.07 Å². The summed E-state index contributed by atoms with van der Waals surface area (Å²) in [5.74, 6) is -0.383. The van der Waals surface area contributed by atoms with E-state index in [2.05, 4.69) is 33.1 Å². The molecular weight excluding hydrogens is 346 g/mol. The van der Waals surface area contributed by atoms with Crippen LogP contribution in [0.1, 0.15) is 20.3 Å². The number of nitrogens with one attached hydrogen (secondary N) is 3. The molecule has 9 heteroatoms. The van der Waals surface area contributed by atoms with Gasteiger partial charge in [-0.3, -0.25) is 10.1 Å². The van der Waals surface area contributed by atoms with Gasteiger partial charge in [0.1, 0.15) is 0 Å². The van der Waals surface area contributed by atoms with Crippen LogP contribution in [-0.2, 0) is 4.79 Å². The van der Waals surface area contributed by atoms with E-state index in [1.54, 1.807) is 31.2 Å². The Morgan fingerprint density at radius 3 is 2.71 bits per heavy atom. The number of rotatable bonds is 7. The molecule has 0 spiro atoms. The summed E-state index contributed by atoms with van der Waals surface area (Å²) in [5, 5.41) is 16.4. The van der Waals surface area contributed by atoms with Crippen molar-refractivity contribution in [3.63, 3.8) is 0 Å². The zero-order chi connectivity index (χ0) is 17.4. The zero-order valence-electron chi connectivity index (χ0n) is 13.4. The maximum Gasteiger partial charge on any atom is 0.325 e. The third kappa shape index (κ3) is 5.82. The Labute approximate surface area is 148 Å². The molecule has 2 aromatic rings. The number of urea groups is 1. The van der Waals surface area contributed by atoms with Gasteiger partial charge < -0.3 is 10.6 Å². The van der Waals surface area contributed by atoms with E-state index in [-0.39, 0.29) is 5.91 Å². The molecule has 0 fully saturated rings. The van der Waals surface area contributed by atoms with Crippen LogP contribution in [0.5, 0.6) is 0 Å². The summed E-state index contributed by atoms with van der Waals surface area (Å²) < 4.78 is 0.680. The van der Waals surface area contributed by atoms with Crippen LogP contribution < -0.4 is 16.0 Å². The monoisotopic (exact) mass is 365 g/mol. The predicted molar refractivity (Wildman–Crippen MR) is 97.6 cm³/mol. The summed E-state index contributed by atoms with van der Waals surface area (Å²) in [7, 11) is 0. The molecule has 2 rings (SSSR count). The highest BCUT2D eigenvalue weighted by Crippen LogP contribution is 2.28. The molecule has 3 amide bonds. The Hall–Kier alpha value is -2.13. The van der Waals surface area contributed by atoms with Crippen molar-refractivity contribution >= 4 is 45.9 Å². The van der Waals surface area contributed by atoms with Crippen LogP contribution in [-0.4, -0.2) is 33.9 Å². The van der Waals surface area contributed by atoms with Crippen LogP contribution in [0.15, 0.2) is 34.7 Å². The molecule has 0 aliphatic rings. The van der Waals surface area contributed by atoms with Crippen LogP contribution in [0.4, 0.5) is 15.6 Å². The lowest BCUT2D eigenvalue weighted by Gasteiger charge is -2.10. The first-order valence-corrected chi connectivity index (χ1v) is 9.19. The van der Waals surface area contributed by atoms with Gasteiger partial charge in [0.15, 0.2) is 4.34 Å². The first-order chi connectivity index (χ1) is 11.6. The van der Waals surface area contributed by atoms with Gasteiger partial charge in [0.25, 0.3) is 0 Å². The fraction of sp³-hybridized carbons (Fsp3) is 0.333. The molecule has 0 unspecified atom stereocenters. The van der Waals surface area contributed by atoms with E-state index in [0.29, 0.717) is 10.0 Å². The molecule has 24 heavy (non-hydrogen) atoms. The van der Waals surface area contributed by atoms with Gasteiger partial charge >= 0.3 is 6.03 Å². The molecule has 0 bridgehead atoms. The molecule has 1 aromatic heterocycles. The molecule has 1 heterocycles. The van der Waals surface area contributed by atoms with Gasteiger partial charge in [0, 0.05) is 12.2 Å². The van der Waals surface area contributed by atoms with E-state index in [4.69, 9.17) is 0 Å². The summed E-state index contributed by atoms with van der Waals surface area (Å²) in [5.41, 5.74) is 0.624. The lowest BCUT2D eigenvalue weighted by Crippen LogP contribution is -2.38. The van der Waals surface area contributed by atoms with E-state index in [9.17, 15) is 9.59 Å². The highest BCUT2D eigenvalue weighted by molar-refractivity contribution is 8.02. The van der Waals surface area contributed by atoms with Crippen molar-refractivity contribution in [1.82, 2.24) is 15.5 Å². The Morgan fingerprint density at radius 1 is 1.25 bits per heavy atom. The third-order valence-electron chi connectivity index (χ3n) is 2.85. The lowest BCUT2D eigenvalue weighted by molar-refractivity contribution is -0.119.